The van der Waals surface area contributed by atoms with Crippen LogP contribution in [0, 0.1) is 46.6 Å². The van der Waals surface area contributed by atoms with Crippen LogP contribution in [0.15, 0.2) is 237 Å². The molecule has 0 radical (unpaired) electrons. The highest BCUT2D eigenvalue weighted by atomic mass is 19.2. The van der Waals surface area contributed by atoms with Gasteiger partial charge < -0.3 is 71.4 Å². The fourth-order valence-electron chi connectivity index (χ4n) is 17.7. The first kappa shape index (κ1) is 111. The Morgan fingerprint density at radius 3 is 1.01 bits per heavy atom. The lowest BCUT2D eigenvalue weighted by molar-refractivity contribution is -0.141. The topological polar surface area (TPSA) is 298 Å². The number of hydrogen-bond acceptors (Lipinski definition) is 19. The largest absolute Gasteiger partial charge is 0.481 e. The average molecular weight is 1930 g/mol. The lowest BCUT2D eigenvalue weighted by Gasteiger charge is -2.24. The van der Waals surface area contributed by atoms with Gasteiger partial charge in [-0.1, -0.05) is 146 Å². The minimum atomic E-state index is -1.04. The molecule has 5 unspecified atom stereocenters. The number of aliphatic carboxylic acids is 2. The Labute approximate surface area is 813 Å². The van der Waals surface area contributed by atoms with Crippen molar-refractivity contribution in [1.29, 1.82) is 0 Å². The zero-order valence-electron chi connectivity index (χ0n) is 81.6. The van der Waals surface area contributed by atoms with Gasteiger partial charge in [-0.3, -0.25) is 29.3 Å². The molecular weight excluding hydrogens is 1790 g/mol. The maximum Gasteiger partial charge on any atom is 0.407 e. The van der Waals surface area contributed by atoms with Gasteiger partial charge in [0.2, 0.25) is 0 Å². The summed E-state index contributed by atoms with van der Waals surface area (Å²) in [6.45, 7) is 31.4. The van der Waals surface area contributed by atoms with E-state index in [4.69, 9.17) is 45.0 Å². The third-order valence-corrected chi connectivity index (χ3v) is 24.0. The van der Waals surface area contributed by atoms with Crippen LogP contribution in [0.3, 0.4) is 0 Å². The summed E-state index contributed by atoms with van der Waals surface area (Å²) in [6.07, 6.45) is 0.991. The van der Waals surface area contributed by atoms with Gasteiger partial charge in [-0.15, -0.1) is 0 Å². The van der Waals surface area contributed by atoms with Gasteiger partial charge in [0.05, 0.1) is 43.9 Å². The molecule has 3 amide bonds. The van der Waals surface area contributed by atoms with Crippen molar-refractivity contribution in [1.82, 2.24) is 45.8 Å². The Hall–Kier alpha value is -11.5. The standard InChI is InChI=1S/C22H27FN2O2.C18H27FN2O3.C18H18FNO2.C15H21FN2O2.2C13H19FN2O.C9H7FO2/c1-22(2,3)27-21(26)24-20-15-25(13-16-8-5-4-6-9-16)14-19(20)17-10-7-11-18(23)12-17;1-18(2,3)24-17(22)20-16-12-21(8-9-23-4)11-15(16)13-6-5-7-14(19)10-13;19-15-8-4-7-14(9-15)16-11-20(12-17(16)18(21)22)10-13-5-2-1-3-6-13;1-15(2,3)20-14(19)18-13-9-17-8-12(13)10-5-4-6-11(16)7-10;2*1-17-6-5-16-8-12(13(15)9-16)10-3-2-4-11(14)7-10;10-8-3-1-2-7(6-8)4-5-9(11)12/h4-12,19-20H,13-15H2,1-3H3,(H,24,26);5-7,10,15-16H,8-9,11-12H2,1-4H3,(H,20,22);1-9,16-17H,10-12H2,(H,21,22);4-7,12-13,17H,8-9H2,1-3H3,(H,18,19);2*2-4,7,12-13H,5-6,8-9,15H2,1H3;1-6H,(H,11,12)/b;;;;;;5-4+/t19?,20-;15?,16-;16?,17-;2*12?,13-;12-,13+;/m111110./s1. The third-order valence-electron chi connectivity index (χ3n) is 24.0. The van der Waals surface area contributed by atoms with Crippen molar-refractivity contribution in [3.8, 4) is 0 Å². The zero-order chi connectivity index (χ0) is 101. The summed E-state index contributed by atoms with van der Waals surface area (Å²) in [7, 11) is 5.05. The van der Waals surface area contributed by atoms with E-state index in [2.05, 4.69) is 57.9 Å². The molecule has 24 nitrogen and oxygen atoms in total. The highest BCUT2D eigenvalue weighted by molar-refractivity contribution is 5.85. The highest BCUT2D eigenvalue weighted by Crippen LogP contribution is 2.37. The molecule has 6 saturated heterocycles. The van der Waals surface area contributed by atoms with Crippen molar-refractivity contribution in [2.24, 2.45) is 17.4 Å². The number of halogens is 7. The zero-order valence-corrected chi connectivity index (χ0v) is 81.6. The van der Waals surface area contributed by atoms with Crippen LogP contribution >= 0.6 is 0 Å². The van der Waals surface area contributed by atoms with E-state index in [1.54, 1.807) is 82.0 Å². The van der Waals surface area contributed by atoms with E-state index >= 15 is 0 Å². The van der Waals surface area contributed by atoms with Crippen LogP contribution in [0.5, 0.6) is 0 Å². The summed E-state index contributed by atoms with van der Waals surface area (Å²) in [5, 5.41) is 29.8. The Kier molecular flexibility index (Phi) is 43.9. The second-order valence-electron chi connectivity index (χ2n) is 38.5. The second-order valence-corrected chi connectivity index (χ2v) is 38.5. The molecule has 31 heteroatoms. The number of ether oxygens (including phenoxy) is 6. The van der Waals surface area contributed by atoms with Gasteiger partial charge in [0.1, 0.15) is 57.5 Å². The van der Waals surface area contributed by atoms with E-state index in [1.807, 2.05) is 147 Å². The number of nitrogens with one attached hydrogen (secondary N) is 4. The van der Waals surface area contributed by atoms with Crippen molar-refractivity contribution in [3.63, 3.8) is 0 Å². The van der Waals surface area contributed by atoms with Crippen LogP contribution in [-0.2, 0) is 51.1 Å². The van der Waals surface area contributed by atoms with Crippen molar-refractivity contribution in [2.45, 2.75) is 158 Å². The molecule has 6 aliphatic heterocycles. The summed E-state index contributed by atoms with van der Waals surface area (Å²) in [5.74, 6) is -3.84. The molecule has 15 rings (SSSR count). The van der Waals surface area contributed by atoms with E-state index < -0.39 is 52.9 Å². The van der Waals surface area contributed by atoms with Crippen molar-refractivity contribution < 1.29 is 93.3 Å². The van der Waals surface area contributed by atoms with Gasteiger partial charge in [-0.2, -0.15) is 0 Å². The fourth-order valence-corrected chi connectivity index (χ4v) is 17.7. The van der Waals surface area contributed by atoms with Crippen LogP contribution in [0.1, 0.15) is 148 Å². The lowest BCUT2D eigenvalue weighted by Crippen LogP contribution is -2.42. The summed E-state index contributed by atoms with van der Waals surface area (Å²) in [4.78, 5) is 69.0. The highest BCUT2D eigenvalue weighted by Gasteiger charge is 2.42. The number of methoxy groups -OCH3 is 3. The van der Waals surface area contributed by atoms with Gasteiger partial charge in [-0.25, -0.2) is 49.9 Å². The van der Waals surface area contributed by atoms with Crippen LogP contribution in [-0.4, -0.2) is 251 Å². The van der Waals surface area contributed by atoms with Gasteiger partial charge in [-0.05, 0) is 203 Å². The number of benzene rings is 9. The predicted molar refractivity (Wildman–Crippen MR) is 526 cm³/mol. The van der Waals surface area contributed by atoms with Crippen LogP contribution in [0.25, 0.3) is 6.08 Å². The van der Waals surface area contributed by atoms with Crippen molar-refractivity contribution in [2.75, 3.05) is 139 Å². The summed E-state index contributed by atoms with van der Waals surface area (Å²) < 4.78 is 124. The maximum atomic E-state index is 13.8. The molecule has 10 N–H and O–H groups in total. The van der Waals surface area contributed by atoms with E-state index in [1.165, 1.54) is 84.4 Å². The minimum absolute atomic E-state index is 0.0110. The molecule has 0 spiro atoms. The number of carboxylic acid groups (broad SMARTS) is 2. The molecule has 0 bridgehead atoms. The molecule has 6 aliphatic rings. The van der Waals surface area contributed by atoms with Crippen molar-refractivity contribution >= 4 is 36.3 Å². The normalized spacial score (nSPS) is 21.5. The number of carbonyl (C=O) groups is 5. The maximum absolute atomic E-state index is 13.8. The molecule has 9 aromatic carbocycles. The first-order chi connectivity index (χ1) is 66.1. The molecule has 139 heavy (non-hydrogen) atoms. The number of nitrogens with two attached hydrogens (primary N) is 2. The second kappa shape index (κ2) is 54.9. The number of nitrogens with zero attached hydrogens (tertiary/aromatic N) is 5. The van der Waals surface area contributed by atoms with Crippen LogP contribution in [0.2, 0.25) is 0 Å². The number of likely N-dealkylation sites (tertiary alicyclic amines) is 5. The number of carboxylic acids is 2. The Morgan fingerprint density at radius 1 is 0.360 bits per heavy atom. The molecule has 0 saturated carbocycles. The summed E-state index contributed by atoms with van der Waals surface area (Å²) >= 11 is 0. The number of amides is 3. The SMILES string of the molecule is CC(C)(C)OC(=O)N[C@@H]1CN(Cc2ccccc2)CC1c1cccc(F)c1.CC(C)(C)OC(=O)N[C@@H]1CNCC1c1cccc(F)c1.COCCN1CC(c2cccc(F)c2)[C@H](N)C1.COCCN1CC(c2cccc(F)c2)[C@H](NC(=O)OC(C)(C)C)C1.COCCN1C[C@@H](N)[C@H](c2cccc(F)c2)C1.O=C(O)/C=C/c1cccc(F)c1.O=C(O)[C@@H]1CN(Cc2ccccc2)CC1c1cccc(F)c1. The van der Waals surface area contributed by atoms with E-state index in [-0.39, 0.29) is 106 Å². The molecule has 9 aromatic rings. The Bertz CT molecular complexity index is 5260. The number of alkyl carbamates (subject to hydrolysis) is 3. The number of rotatable bonds is 25. The molecule has 0 aliphatic carbocycles. The smallest absolute Gasteiger partial charge is 0.407 e. The number of carbonyl (C=O) groups excluding carboxylic acids is 3. The molecule has 6 fully saturated rings. The Morgan fingerprint density at radius 2 is 0.662 bits per heavy atom. The van der Waals surface area contributed by atoms with E-state index in [0.29, 0.717) is 64.7 Å². The van der Waals surface area contributed by atoms with Crippen LogP contribution < -0.4 is 32.7 Å². The number of hydrogen-bond donors (Lipinski definition) is 8. The molecule has 12 atom stereocenters. The predicted octanol–water partition coefficient (Wildman–Crippen LogP) is 16.9. The third kappa shape index (κ3) is 38.9. The van der Waals surface area contributed by atoms with Gasteiger partial charge in [0.15, 0.2) is 0 Å². The van der Waals surface area contributed by atoms with Crippen LogP contribution in [0.4, 0.5) is 45.1 Å². The van der Waals surface area contributed by atoms with E-state index in [0.717, 1.165) is 117 Å². The van der Waals surface area contributed by atoms with Gasteiger partial charge in [0, 0.05) is 186 Å². The first-order valence-corrected chi connectivity index (χ1v) is 46.9. The van der Waals surface area contributed by atoms with E-state index in [9.17, 15) is 59.8 Å². The molecular formula is C108H138F7N11O13. The minimum Gasteiger partial charge on any atom is -0.481 e. The molecule has 752 valence electrons. The first-order valence-electron chi connectivity index (χ1n) is 46.9. The summed E-state index contributed by atoms with van der Waals surface area (Å²) in [6, 6.07) is 65.2. The molecule has 0 aromatic heterocycles. The Balaban J connectivity index is 0.000000183. The quantitative estimate of drug-likeness (QED) is 0.0150. The van der Waals surface area contributed by atoms with Gasteiger partial charge in [0.25, 0.3) is 0 Å². The van der Waals surface area contributed by atoms with Crippen molar-refractivity contribution in [3.05, 3.63) is 327 Å². The lowest BCUT2D eigenvalue weighted by atomic mass is 9.89. The average Bonchev–Trinajstić information content (AvgIpc) is 1.66. The molecule has 6 heterocycles. The van der Waals surface area contributed by atoms with Gasteiger partial charge >= 0.3 is 30.2 Å². The summed E-state index contributed by atoms with van der Waals surface area (Å²) in [5.41, 5.74) is 19.0. The monoisotopic (exact) mass is 1930 g/mol. The fraction of sp³-hybridized carbons (Fsp3) is 0.435.